The van der Waals surface area contributed by atoms with Crippen molar-refractivity contribution in [1.29, 1.82) is 0 Å². The summed E-state index contributed by atoms with van der Waals surface area (Å²) in [6.45, 7) is 1.55. The number of hydrogen-bond donors (Lipinski definition) is 1. The predicted molar refractivity (Wildman–Crippen MR) is 89.9 cm³/mol. The molecule has 0 radical (unpaired) electrons. The fourth-order valence-electron chi connectivity index (χ4n) is 2.07. The summed E-state index contributed by atoms with van der Waals surface area (Å²) in [7, 11) is -4.77. The minimum Gasteiger partial charge on any atom is -0.744 e. The zero-order chi connectivity index (χ0) is 19.3. The van der Waals surface area contributed by atoms with Gasteiger partial charge >= 0.3 is 88.7 Å². The second-order valence-electron chi connectivity index (χ2n) is 4.56. The fraction of sp³-hybridized carbons (Fsp3) is 0.0833. The number of hydrogen-bond acceptors (Lipinski definition) is 12. The number of rotatable bonds is 8. The summed E-state index contributed by atoms with van der Waals surface area (Å²) >= 11 is 6.00. The van der Waals surface area contributed by atoms with Crippen molar-refractivity contribution in [1.82, 2.24) is 0 Å². The number of thiocarbonyl (C=S) groups is 1. The maximum Gasteiger partial charge on any atom is 1.00 e. The van der Waals surface area contributed by atoms with E-state index in [-0.39, 0.29) is 110 Å². The molecule has 0 aliphatic carbocycles. The van der Waals surface area contributed by atoms with E-state index in [1.165, 1.54) is 12.1 Å². The van der Waals surface area contributed by atoms with Crippen LogP contribution in [0, 0.1) is 0 Å². The molecule has 0 saturated carbocycles. The molecule has 17 heteroatoms. The van der Waals surface area contributed by atoms with Crippen molar-refractivity contribution in [3.63, 3.8) is 0 Å². The summed E-state index contributed by atoms with van der Waals surface area (Å²) < 4.78 is 42.8. The van der Waals surface area contributed by atoms with Crippen LogP contribution in [0.3, 0.4) is 0 Å². The van der Waals surface area contributed by atoms with Crippen molar-refractivity contribution in [3.05, 3.63) is 24.3 Å². The molecule has 0 atom stereocenters. The largest absolute Gasteiger partial charge is 1.00 e. The molecular weight excluding hydrogens is 499 g/mol. The SMILES string of the molecule is CC(=S)Nc1cc(S(=O)(=O)[O-])cc2cc(SOO[O-])cc(SOO[O-])c12.[Na+].[Na+].[Na+]. The van der Waals surface area contributed by atoms with Crippen molar-refractivity contribution < 1.29 is 131 Å². The van der Waals surface area contributed by atoms with Gasteiger partial charge in [-0.05, 0) is 36.6 Å². The molecule has 0 fully saturated rings. The monoisotopic (exact) mass is 507 g/mol. The molecule has 0 saturated heterocycles. The molecule has 0 amide bonds. The van der Waals surface area contributed by atoms with Crippen LogP contribution in [0.25, 0.3) is 10.8 Å². The Morgan fingerprint density at radius 3 is 2.14 bits per heavy atom. The first kappa shape index (κ1) is 33.1. The summed E-state index contributed by atoms with van der Waals surface area (Å²) in [4.78, 5) is 0.355. The van der Waals surface area contributed by atoms with E-state index in [0.29, 0.717) is 34.5 Å². The van der Waals surface area contributed by atoms with E-state index in [2.05, 4.69) is 24.1 Å². The van der Waals surface area contributed by atoms with E-state index in [1.54, 1.807) is 6.92 Å². The molecule has 142 valence electrons. The number of benzene rings is 2. The number of anilines is 1. The molecule has 0 aliphatic rings. The molecule has 2 aromatic rings. The zero-order valence-electron chi connectivity index (χ0n) is 15.6. The van der Waals surface area contributed by atoms with Gasteiger partial charge in [0.15, 0.2) is 0 Å². The number of nitrogens with one attached hydrogen (secondary N) is 1. The van der Waals surface area contributed by atoms with Gasteiger partial charge in [0.1, 0.15) is 10.1 Å². The molecule has 0 aliphatic heterocycles. The van der Waals surface area contributed by atoms with Crippen LogP contribution in [-0.4, -0.2) is 18.0 Å². The summed E-state index contributed by atoms with van der Waals surface area (Å²) in [5.74, 6) is 0. The molecule has 2 aromatic carbocycles. The summed E-state index contributed by atoms with van der Waals surface area (Å²) in [6, 6.07) is 5.10. The van der Waals surface area contributed by atoms with Gasteiger partial charge in [-0.3, -0.25) is 10.1 Å². The van der Waals surface area contributed by atoms with Crippen LogP contribution in [0.5, 0.6) is 0 Å². The van der Waals surface area contributed by atoms with Crippen molar-refractivity contribution >= 4 is 67.9 Å². The average Bonchev–Trinajstić information content (AvgIpc) is 2.56. The topological polar surface area (TPSA) is 152 Å². The summed E-state index contributed by atoms with van der Waals surface area (Å²) in [6.07, 6.45) is 0. The Morgan fingerprint density at radius 1 is 1.03 bits per heavy atom. The van der Waals surface area contributed by atoms with Crippen LogP contribution in [0.1, 0.15) is 6.92 Å². The third-order valence-corrected chi connectivity index (χ3v) is 4.96. The van der Waals surface area contributed by atoms with E-state index in [0.717, 1.165) is 12.1 Å². The third-order valence-electron chi connectivity index (χ3n) is 2.87. The van der Waals surface area contributed by atoms with Crippen molar-refractivity contribution in [2.75, 3.05) is 5.32 Å². The van der Waals surface area contributed by atoms with Crippen LogP contribution in [0.15, 0.2) is 39.0 Å². The van der Waals surface area contributed by atoms with Gasteiger partial charge < -0.3 is 20.4 Å². The van der Waals surface area contributed by atoms with Crippen LogP contribution in [0.4, 0.5) is 5.69 Å². The van der Waals surface area contributed by atoms with E-state index in [4.69, 9.17) is 12.2 Å². The number of fused-ring (bicyclic) bond motifs is 1. The minimum atomic E-state index is -4.77. The molecule has 2 rings (SSSR count). The van der Waals surface area contributed by atoms with Gasteiger partial charge in [-0.2, -0.15) is 8.67 Å². The summed E-state index contributed by atoms with van der Waals surface area (Å²) in [5, 5.41) is 30.2. The van der Waals surface area contributed by atoms with Gasteiger partial charge in [0.2, 0.25) is 0 Å². The van der Waals surface area contributed by atoms with E-state index >= 15 is 0 Å². The zero-order valence-corrected chi connectivity index (χ0v) is 24.9. The summed E-state index contributed by atoms with van der Waals surface area (Å²) in [5.41, 5.74) is 0.193. The van der Waals surface area contributed by atoms with Crippen LogP contribution in [0.2, 0.25) is 0 Å². The van der Waals surface area contributed by atoms with Gasteiger partial charge in [0, 0.05) is 20.9 Å². The van der Waals surface area contributed by atoms with Crippen molar-refractivity contribution in [2.24, 2.45) is 0 Å². The Bertz CT molecular complexity index is 932. The maximum atomic E-state index is 11.4. The van der Waals surface area contributed by atoms with E-state index in [1.807, 2.05) is 0 Å². The molecule has 0 aromatic heterocycles. The Morgan fingerprint density at radius 2 is 1.62 bits per heavy atom. The van der Waals surface area contributed by atoms with Gasteiger partial charge in [-0.1, -0.05) is 12.2 Å². The molecule has 0 heterocycles. The first-order valence-corrected chi connectivity index (χ1v) is 9.68. The molecular formula is C12H8NNa3O9S4. The minimum absolute atomic E-state index is 0. The molecule has 0 unspecified atom stereocenters. The maximum absolute atomic E-state index is 11.4. The fourth-order valence-corrected chi connectivity index (χ4v) is 3.83. The van der Waals surface area contributed by atoms with Crippen LogP contribution >= 0.6 is 36.3 Å². The first-order chi connectivity index (χ1) is 12.3. The Labute approximate surface area is 246 Å². The van der Waals surface area contributed by atoms with Gasteiger partial charge in [0.05, 0.1) is 34.0 Å². The standard InChI is InChI=1S/C12H11NO9S4.3Na/c1-6(23)13-10-5-9(26(16,17)18)3-7-2-8(24-21-19-14)4-11(12(7)10)25-22-20-15;;;/h2-5,14-15H,1H3,(H,13,23)(H,16,17,18);;;/q;3*+1/p-3. The molecule has 10 nitrogen and oxygen atoms in total. The van der Waals surface area contributed by atoms with Crippen LogP contribution < -0.4 is 105 Å². The van der Waals surface area contributed by atoms with Gasteiger partial charge in [0.25, 0.3) is 0 Å². The second kappa shape index (κ2) is 15.7. The normalized spacial score (nSPS) is 10.5. The molecule has 29 heavy (non-hydrogen) atoms. The molecule has 1 N–H and O–H groups in total. The van der Waals surface area contributed by atoms with Crippen molar-refractivity contribution in [2.45, 2.75) is 21.6 Å². The smallest absolute Gasteiger partial charge is 0.744 e. The molecule has 0 bridgehead atoms. The second-order valence-corrected chi connectivity index (χ2v) is 8.07. The van der Waals surface area contributed by atoms with E-state index in [9.17, 15) is 23.5 Å². The third kappa shape index (κ3) is 10.2. The van der Waals surface area contributed by atoms with E-state index < -0.39 is 15.0 Å². The average molecular weight is 507 g/mol. The predicted octanol–water partition coefficient (Wildman–Crippen LogP) is -8.02. The van der Waals surface area contributed by atoms with Gasteiger partial charge in [-0.15, -0.1) is 0 Å². The Balaban J connectivity index is 0. The van der Waals surface area contributed by atoms with Gasteiger partial charge in [-0.25, -0.2) is 8.42 Å². The van der Waals surface area contributed by atoms with Crippen LogP contribution in [-0.2, 0) is 28.9 Å². The first-order valence-electron chi connectivity index (χ1n) is 6.38. The Kier molecular flexibility index (Phi) is 18.0. The quantitative estimate of drug-likeness (QED) is 0.0900. The van der Waals surface area contributed by atoms with Crippen molar-refractivity contribution in [3.8, 4) is 0 Å². The molecule has 0 spiro atoms. The Hall–Kier alpha value is 1.96.